The van der Waals surface area contributed by atoms with Gasteiger partial charge in [0.15, 0.2) is 0 Å². The van der Waals surface area contributed by atoms with Gasteiger partial charge in [0.1, 0.15) is 0 Å². The van der Waals surface area contributed by atoms with Crippen LogP contribution in [0.4, 0.5) is 0 Å². The number of halogens is 3. The quantitative estimate of drug-likeness (QED) is 0.636. The molecule has 0 aromatic carbocycles. The van der Waals surface area contributed by atoms with Crippen molar-refractivity contribution < 1.29 is 0 Å². The summed E-state index contributed by atoms with van der Waals surface area (Å²) in [7, 11) is 17.0. The molecule has 0 rings (SSSR count). The summed E-state index contributed by atoms with van der Waals surface area (Å²) in [5, 5.41) is 1.48. The Morgan fingerprint density at radius 1 is 1.00 bits per heavy atom. The van der Waals surface area contributed by atoms with Gasteiger partial charge in [0.2, 0.25) is 16.3 Å². The molecule has 0 aromatic heterocycles. The van der Waals surface area contributed by atoms with Crippen molar-refractivity contribution in [2.75, 3.05) is 0 Å². The van der Waals surface area contributed by atoms with Crippen LogP contribution < -0.4 is 0 Å². The van der Waals surface area contributed by atoms with Crippen molar-refractivity contribution in [1.29, 1.82) is 0 Å². The standard InChI is InChI=1S/2C4H9.Al.3ClH.Sn.2H/c2*1-3-4-2;;;;;;;/h2*1,3-4H2,2H3;;3*1H;;;/q;;;;;;+3;;/p-3. The van der Waals surface area contributed by atoms with Crippen molar-refractivity contribution in [2.45, 2.75) is 49.3 Å². The van der Waals surface area contributed by atoms with Crippen LogP contribution in [0.15, 0.2) is 0 Å². The topological polar surface area (TPSA) is 0 Å². The van der Waals surface area contributed by atoms with Crippen LogP contribution in [0.1, 0.15) is 39.5 Å². The average Bonchev–Trinajstić information content (AvgIpc) is 2.02. The van der Waals surface area contributed by atoms with Gasteiger partial charge in [-0.2, -0.15) is 0 Å². The van der Waals surface area contributed by atoms with Gasteiger partial charge in [-0.15, -0.1) is 5.28 Å². The molecule has 0 amide bonds. The average molecular weight is 368 g/mol. The molecule has 5 heteroatoms. The fourth-order valence-electron chi connectivity index (χ4n) is 0.731. The Balaban J connectivity index is 0. The van der Waals surface area contributed by atoms with E-state index in [4.69, 9.17) is 26.8 Å². The van der Waals surface area contributed by atoms with Gasteiger partial charge in [0.05, 0.1) is 0 Å². The van der Waals surface area contributed by atoms with Gasteiger partial charge in [-0.3, -0.25) is 0 Å². The molecule has 0 unspecified atom stereocenters. The van der Waals surface area contributed by atoms with Crippen LogP contribution in [0.3, 0.4) is 0 Å². The molecular formula is C8H20AlCl3Sn. The summed E-state index contributed by atoms with van der Waals surface area (Å²) >= 11 is -1.49. The second kappa shape index (κ2) is 12.3. The molecule has 0 aliphatic heterocycles. The van der Waals surface area contributed by atoms with E-state index in [1.54, 1.807) is 0 Å². The molecule has 0 saturated carbocycles. The fourth-order valence-corrected chi connectivity index (χ4v) is 6.28. The third-order valence-corrected chi connectivity index (χ3v) is 8.66. The van der Waals surface area contributed by atoms with E-state index in [0.29, 0.717) is 0 Å². The van der Waals surface area contributed by atoms with Crippen molar-refractivity contribution in [2.24, 2.45) is 0 Å². The first kappa shape index (κ1) is 17.6. The first-order chi connectivity index (χ1) is 5.97. The first-order valence-corrected chi connectivity index (χ1v) is 19.3. The van der Waals surface area contributed by atoms with Gasteiger partial charge in [-0.05, 0) is 0 Å². The third-order valence-electron chi connectivity index (χ3n) is 1.52. The van der Waals surface area contributed by atoms with Crippen LogP contribution in [-0.2, 0) is 0 Å². The Kier molecular flexibility index (Phi) is 16.6. The molecule has 0 heterocycles. The van der Waals surface area contributed by atoms with Gasteiger partial charge in [0, 0.05) is 0 Å². The van der Waals surface area contributed by atoms with Crippen LogP contribution in [0.25, 0.3) is 0 Å². The summed E-state index contributed by atoms with van der Waals surface area (Å²) in [5.74, 6) is 0. The Labute approximate surface area is 106 Å². The maximum atomic E-state index is 5.65. The minimum absolute atomic E-state index is 0.871. The molecule has 13 heavy (non-hydrogen) atoms. The maximum absolute atomic E-state index is 5.65. The van der Waals surface area contributed by atoms with E-state index in [1.165, 1.54) is 34.4 Å². The third kappa shape index (κ3) is 25.0. The van der Waals surface area contributed by atoms with Crippen molar-refractivity contribution in [1.82, 2.24) is 0 Å². The van der Waals surface area contributed by atoms with Crippen molar-refractivity contribution >= 4 is 58.1 Å². The Morgan fingerprint density at radius 2 is 1.46 bits per heavy atom. The van der Waals surface area contributed by atoms with Gasteiger partial charge in [-0.25, -0.2) is 0 Å². The van der Waals surface area contributed by atoms with Gasteiger partial charge < -0.3 is 0 Å². The molecule has 0 aliphatic carbocycles. The Hall–Kier alpha value is 2.20. The van der Waals surface area contributed by atoms with Crippen molar-refractivity contribution in [3.05, 3.63) is 0 Å². The van der Waals surface area contributed by atoms with Crippen LogP contribution >= 0.6 is 26.8 Å². The molecule has 80 valence electrons. The van der Waals surface area contributed by atoms with E-state index in [9.17, 15) is 0 Å². The molecule has 0 fully saturated rings. The number of rotatable bonds is 5. The summed E-state index contributed by atoms with van der Waals surface area (Å²) in [5.41, 5.74) is 0. The summed E-state index contributed by atoms with van der Waals surface area (Å²) in [6.07, 6.45) is 5.03. The van der Waals surface area contributed by atoms with Gasteiger partial charge >= 0.3 is 66.0 Å². The van der Waals surface area contributed by atoms with E-state index < -0.39 is 15.0 Å². The molecule has 0 spiro atoms. The number of hydrogen-bond donors (Lipinski definition) is 0. The summed E-state index contributed by atoms with van der Waals surface area (Å²) < 4.78 is 0.871. The van der Waals surface area contributed by atoms with Crippen LogP contribution in [-0.4, -0.2) is 31.3 Å². The van der Waals surface area contributed by atoms with Crippen molar-refractivity contribution in [3.8, 4) is 0 Å². The zero-order valence-corrected chi connectivity index (χ0v) is 16.0. The molecule has 0 saturated heterocycles. The predicted molar refractivity (Wildman–Crippen MR) is 71.3 cm³/mol. The van der Waals surface area contributed by atoms with Crippen molar-refractivity contribution in [3.63, 3.8) is 0 Å². The van der Waals surface area contributed by atoms with E-state index in [0.717, 1.165) is 17.3 Å². The van der Waals surface area contributed by atoms with Crippen LogP contribution in [0.2, 0.25) is 9.72 Å². The van der Waals surface area contributed by atoms with E-state index >= 15 is 0 Å². The molecule has 0 nitrogen and oxygen atoms in total. The first-order valence-electron chi connectivity index (χ1n) is 5.04. The van der Waals surface area contributed by atoms with E-state index in [-0.39, 0.29) is 0 Å². The molecule has 0 N–H and O–H groups in total. The fraction of sp³-hybridized carbons (Fsp3) is 1.00. The number of unbranched alkanes of at least 4 members (excludes halogenated alkanes) is 2. The van der Waals surface area contributed by atoms with Crippen LogP contribution in [0.5, 0.6) is 0 Å². The minimum atomic E-state index is -2.89. The van der Waals surface area contributed by atoms with Crippen LogP contribution in [0, 0.1) is 0 Å². The number of hydrogen-bond acceptors (Lipinski definition) is 0. The summed E-state index contributed by atoms with van der Waals surface area (Å²) in [6.45, 7) is 4.33. The molecule has 0 aliphatic rings. The molecular weight excluding hydrogens is 348 g/mol. The second-order valence-corrected chi connectivity index (χ2v) is 25.9. The van der Waals surface area contributed by atoms with E-state index in [2.05, 4.69) is 13.8 Å². The molecule has 0 aromatic rings. The molecule has 0 radical (unpaired) electrons. The zero-order chi connectivity index (χ0) is 10.7. The molecule has 0 bridgehead atoms. The van der Waals surface area contributed by atoms with Gasteiger partial charge in [-0.1, -0.05) is 19.8 Å². The normalized spacial score (nSPS) is 10.5. The second-order valence-electron chi connectivity index (χ2n) is 3.07. The SMILES string of the molecule is CCC[CH2][AlH2].CCC[CH2][Sn]([Cl])([Cl])[Cl]. The Bertz CT molecular complexity index is 93.9. The summed E-state index contributed by atoms with van der Waals surface area (Å²) in [6, 6.07) is 0. The monoisotopic (exact) mass is 368 g/mol. The summed E-state index contributed by atoms with van der Waals surface area (Å²) in [4.78, 5) is 0. The zero-order valence-electron chi connectivity index (χ0n) is 8.88. The van der Waals surface area contributed by atoms with Gasteiger partial charge in [0.25, 0.3) is 0 Å². The van der Waals surface area contributed by atoms with E-state index in [1.807, 2.05) is 0 Å². The Morgan fingerprint density at radius 3 is 1.54 bits per heavy atom. The molecule has 0 atom stereocenters. The predicted octanol–water partition coefficient (Wildman–Crippen LogP) is 4.28.